The van der Waals surface area contributed by atoms with Crippen LogP contribution in [0.15, 0.2) is 32.5 Å². The van der Waals surface area contributed by atoms with Gasteiger partial charge in [-0.05, 0) is 36.7 Å². The number of H-pyrrole nitrogens is 2. The van der Waals surface area contributed by atoms with Crippen molar-refractivity contribution >= 4 is 43.1 Å². The van der Waals surface area contributed by atoms with E-state index in [1.54, 1.807) is 0 Å². The number of nitrogens with one attached hydrogen (secondary N) is 2. The summed E-state index contributed by atoms with van der Waals surface area (Å²) in [6.45, 7) is 4.24. The normalized spacial score (nSPS) is 12.4. The zero-order valence-electron chi connectivity index (χ0n) is 15.4. The predicted molar refractivity (Wildman–Crippen MR) is 111 cm³/mol. The van der Waals surface area contributed by atoms with E-state index in [1.807, 2.05) is 41.6 Å². The van der Waals surface area contributed by atoms with Gasteiger partial charge >= 0.3 is 0 Å². The van der Waals surface area contributed by atoms with Gasteiger partial charge < -0.3 is 15.1 Å². The summed E-state index contributed by atoms with van der Waals surface area (Å²) in [5.41, 5.74) is 0.323. The molecule has 4 heterocycles. The minimum absolute atomic E-state index is 0.108. The van der Waals surface area contributed by atoms with Gasteiger partial charge in [-0.15, -0.1) is 22.7 Å². The average Bonchev–Trinajstić information content (AvgIpc) is 3.30. The second-order valence-electron chi connectivity index (χ2n) is 7.12. The van der Waals surface area contributed by atoms with Crippen LogP contribution in [0.3, 0.4) is 0 Å². The van der Waals surface area contributed by atoms with Crippen molar-refractivity contribution in [1.29, 1.82) is 0 Å². The lowest BCUT2D eigenvalue weighted by Crippen LogP contribution is -2.46. The number of thiophene rings is 2. The molecule has 0 aliphatic rings. The maximum atomic E-state index is 12.3. The van der Waals surface area contributed by atoms with Gasteiger partial charge in [-0.25, -0.2) is 9.97 Å². The molecule has 3 N–H and O–H groups in total. The minimum atomic E-state index is -0.621. The molecule has 4 aromatic rings. The molecular formula is C18H19N5O3S2. The van der Waals surface area contributed by atoms with E-state index in [0.717, 1.165) is 0 Å². The summed E-state index contributed by atoms with van der Waals surface area (Å²) in [5, 5.41) is 13.5. The van der Waals surface area contributed by atoms with Gasteiger partial charge in [-0.3, -0.25) is 14.5 Å². The van der Waals surface area contributed by atoms with Crippen molar-refractivity contribution in [3.05, 3.63) is 55.2 Å². The lowest BCUT2D eigenvalue weighted by atomic mass is 10.0. The van der Waals surface area contributed by atoms with Crippen LogP contribution in [0.2, 0.25) is 0 Å². The standard InChI is InChI=1S/C18H19N5O3S2/c1-18(2,9-24)23(7-12-19-10-3-5-27-14(10)16(25)21-12)8-13-20-11-4-6-28-15(11)17(26)22-13/h3-6,24H,7-9H2,1-2H3,(H,19,21,25)(H,20,22,26). The Hall–Kier alpha value is -2.40. The monoisotopic (exact) mass is 417 g/mol. The Bertz CT molecular complexity index is 1160. The molecule has 0 atom stereocenters. The Kier molecular flexibility index (Phi) is 4.88. The number of aromatic nitrogens is 4. The van der Waals surface area contributed by atoms with Crippen molar-refractivity contribution in [1.82, 2.24) is 24.8 Å². The van der Waals surface area contributed by atoms with E-state index in [2.05, 4.69) is 19.9 Å². The van der Waals surface area contributed by atoms with Gasteiger partial charge in [0.15, 0.2) is 0 Å². The summed E-state index contributed by atoms with van der Waals surface area (Å²) in [6, 6.07) is 3.62. The number of aliphatic hydroxyl groups excluding tert-OH is 1. The summed E-state index contributed by atoms with van der Waals surface area (Å²) in [4.78, 5) is 41.2. The van der Waals surface area contributed by atoms with E-state index in [9.17, 15) is 14.7 Å². The lowest BCUT2D eigenvalue weighted by Gasteiger charge is -2.36. The van der Waals surface area contributed by atoms with Crippen LogP contribution in [-0.4, -0.2) is 42.1 Å². The van der Waals surface area contributed by atoms with Crippen LogP contribution < -0.4 is 11.1 Å². The van der Waals surface area contributed by atoms with Crippen molar-refractivity contribution in [3.63, 3.8) is 0 Å². The fourth-order valence-electron chi connectivity index (χ4n) is 2.94. The average molecular weight is 418 g/mol. The van der Waals surface area contributed by atoms with Crippen LogP contribution in [0.1, 0.15) is 25.5 Å². The molecule has 0 amide bonds. The van der Waals surface area contributed by atoms with Crippen LogP contribution in [0.4, 0.5) is 0 Å². The van der Waals surface area contributed by atoms with Crippen LogP contribution in [-0.2, 0) is 13.1 Å². The third kappa shape index (κ3) is 3.51. The first-order valence-electron chi connectivity index (χ1n) is 8.66. The molecule has 0 aliphatic carbocycles. The first-order chi connectivity index (χ1) is 13.4. The van der Waals surface area contributed by atoms with Crippen molar-refractivity contribution in [3.8, 4) is 0 Å². The van der Waals surface area contributed by atoms with Crippen molar-refractivity contribution in [2.24, 2.45) is 0 Å². The van der Waals surface area contributed by atoms with E-state index in [0.29, 0.717) is 45.2 Å². The van der Waals surface area contributed by atoms with Crippen molar-refractivity contribution in [2.45, 2.75) is 32.5 Å². The molecule has 146 valence electrons. The highest BCUT2D eigenvalue weighted by Crippen LogP contribution is 2.21. The Morgan fingerprint density at radius 2 is 1.43 bits per heavy atom. The number of hydrogen-bond acceptors (Lipinski definition) is 8. The topological polar surface area (TPSA) is 115 Å². The highest BCUT2D eigenvalue weighted by Gasteiger charge is 2.28. The number of hydrogen-bond donors (Lipinski definition) is 3. The molecule has 0 fully saturated rings. The van der Waals surface area contributed by atoms with Gasteiger partial charge in [0.25, 0.3) is 11.1 Å². The van der Waals surface area contributed by atoms with Crippen LogP contribution in [0.25, 0.3) is 20.4 Å². The Labute approximate surface area is 167 Å². The van der Waals surface area contributed by atoms with Gasteiger partial charge in [0.2, 0.25) is 0 Å². The molecule has 0 aliphatic heterocycles. The second-order valence-corrected chi connectivity index (χ2v) is 8.95. The fourth-order valence-corrected chi connectivity index (χ4v) is 4.39. The molecule has 0 aromatic carbocycles. The quantitative estimate of drug-likeness (QED) is 0.442. The molecule has 0 unspecified atom stereocenters. The maximum absolute atomic E-state index is 12.3. The molecule has 8 nitrogen and oxygen atoms in total. The number of rotatable bonds is 6. The SMILES string of the molecule is CC(C)(CO)N(Cc1nc2ccsc2c(=O)[nH]1)Cc1nc2ccsc2c(=O)[nH]1. The summed E-state index contributed by atoms with van der Waals surface area (Å²) in [6.07, 6.45) is 0. The molecule has 10 heteroatoms. The molecule has 4 aromatic heterocycles. The summed E-state index contributed by atoms with van der Waals surface area (Å²) >= 11 is 2.70. The number of nitrogens with zero attached hydrogens (tertiary/aromatic N) is 3. The molecule has 0 saturated heterocycles. The molecule has 4 rings (SSSR count). The predicted octanol–water partition coefficient (Wildman–Crippen LogP) is 2.06. The number of aromatic amines is 2. The first kappa shape index (κ1) is 18.9. The maximum Gasteiger partial charge on any atom is 0.268 e. The van der Waals surface area contributed by atoms with Crippen LogP contribution in [0.5, 0.6) is 0 Å². The zero-order chi connectivity index (χ0) is 19.9. The third-order valence-corrected chi connectivity index (χ3v) is 6.46. The van der Waals surface area contributed by atoms with Gasteiger partial charge in [0.05, 0.1) is 30.7 Å². The van der Waals surface area contributed by atoms with Gasteiger partial charge in [-0.1, -0.05) is 0 Å². The van der Waals surface area contributed by atoms with E-state index in [4.69, 9.17) is 0 Å². The number of fused-ring (bicyclic) bond motifs is 2. The zero-order valence-corrected chi connectivity index (χ0v) is 17.0. The van der Waals surface area contributed by atoms with Crippen LogP contribution in [0, 0.1) is 0 Å². The van der Waals surface area contributed by atoms with E-state index in [-0.39, 0.29) is 17.7 Å². The highest BCUT2D eigenvalue weighted by atomic mass is 32.1. The highest BCUT2D eigenvalue weighted by molar-refractivity contribution is 7.17. The molecule has 28 heavy (non-hydrogen) atoms. The van der Waals surface area contributed by atoms with Crippen LogP contribution >= 0.6 is 22.7 Å². The smallest absolute Gasteiger partial charge is 0.268 e. The molecule has 0 spiro atoms. The summed E-state index contributed by atoms with van der Waals surface area (Å²) in [7, 11) is 0. The molecule has 0 saturated carbocycles. The third-order valence-electron chi connectivity index (χ3n) is 4.65. The van der Waals surface area contributed by atoms with Gasteiger partial charge in [0, 0.05) is 5.54 Å². The molecule has 0 bridgehead atoms. The Balaban J connectivity index is 1.70. The Morgan fingerprint density at radius 3 is 1.86 bits per heavy atom. The molecular weight excluding hydrogens is 398 g/mol. The second kappa shape index (κ2) is 7.21. The largest absolute Gasteiger partial charge is 0.394 e. The Morgan fingerprint density at radius 1 is 0.964 bits per heavy atom. The van der Waals surface area contributed by atoms with Gasteiger partial charge in [-0.2, -0.15) is 0 Å². The lowest BCUT2D eigenvalue weighted by molar-refractivity contribution is 0.0400. The number of aliphatic hydroxyl groups is 1. The first-order valence-corrected chi connectivity index (χ1v) is 10.4. The van der Waals surface area contributed by atoms with Crippen molar-refractivity contribution in [2.75, 3.05) is 6.61 Å². The summed E-state index contributed by atoms with van der Waals surface area (Å²) in [5.74, 6) is 0.993. The van der Waals surface area contributed by atoms with Crippen molar-refractivity contribution < 1.29 is 5.11 Å². The summed E-state index contributed by atoms with van der Waals surface area (Å²) < 4.78 is 1.18. The van der Waals surface area contributed by atoms with E-state index in [1.165, 1.54) is 22.7 Å². The molecule has 0 radical (unpaired) electrons. The fraction of sp³-hybridized carbons (Fsp3) is 0.333. The van der Waals surface area contributed by atoms with E-state index < -0.39 is 5.54 Å². The minimum Gasteiger partial charge on any atom is -0.394 e. The van der Waals surface area contributed by atoms with Gasteiger partial charge in [0.1, 0.15) is 21.0 Å². The van der Waals surface area contributed by atoms with E-state index >= 15 is 0 Å².